The fraction of sp³-hybridized carbons (Fsp3) is 0.444. The van der Waals surface area contributed by atoms with Crippen LogP contribution in [0.1, 0.15) is 32.6 Å². The maximum Gasteiger partial charge on any atom is 0.263 e. The number of nitrogens with zero attached hydrogens (tertiary/aromatic N) is 2. The number of amides is 1. The van der Waals surface area contributed by atoms with E-state index in [0.717, 1.165) is 13.1 Å². The third-order valence-corrected chi connectivity index (χ3v) is 6.84. The molecule has 0 radical (unpaired) electrons. The highest BCUT2D eigenvalue weighted by Crippen LogP contribution is 2.20. The van der Waals surface area contributed by atoms with Gasteiger partial charge in [-0.25, -0.2) is 13.4 Å². The highest BCUT2D eigenvalue weighted by atomic mass is 32.2. The topological polar surface area (TPSA) is 91.4 Å². The molecule has 0 unspecified atom stereocenters. The summed E-state index contributed by atoms with van der Waals surface area (Å²) in [4.78, 5) is 18.6. The van der Waals surface area contributed by atoms with Crippen LogP contribution >= 0.6 is 11.3 Å². The maximum atomic E-state index is 12.3. The van der Waals surface area contributed by atoms with Crippen LogP contribution in [0.5, 0.6) is 0 Å². The van der Waals surface area contributed by atoms with Gasteiger partial charge in [0.25, 0.3) is 10.0 Å². The van der Waals surface area contributed by atoms with Crippen molar-refractivity contribution in [3.63, 3.8) is 0 Å². The van der Waals surface area contributed by atoms with Crippen molar-refractivity contribution >= 4 is 38.1 Å². The molecule has 1 fully saturated rings. The monoisotopic (exact) mass is 408 g/mol. The van der Waals surface area contributed by atoms with E-state index in [2.05, 4.69) is 26.8 Å². The number of likely N-dealkylation sites (tertiary alicyclic amines) is 1. The number of aromatic nitrogens is 1. The number of carbonyl (C=O) groups is 1. The minimum Gasteiger partial charge on any atom is -0.326 e. The number of thiazole rings is 1. The molecule has 1 aliphatic heterocycles. The van der Waals surface area contributed by atoms with Gasteiger partial charge in [-0.05, 0) is 50.6 Å². The summed E-state index contributed by atoms with van der Waals surface area (Å²) in [7, 11) is -3.68. The first-order valence-corrected chi connectivity index (χ1v) is 11.4. The van der Waals surface area contributed by atoms with Crippen molar-refractivity contribution < 1.29 is 13.2 Å². The standard InChI is InChI=1S/C18H24N4O3S2/c1-14-4-2-3-11-22(14)12-9-17(23)20-15-5-7-16(8-6-15)27(24,25)21-18-19-10-13-26-18/h5-8,10,13-14H,2-4,9,11-12H2,1H3,(H,19,21)(H,20,23)/t14-/m0/s1. The van der Waals surface area contributed by atoms with Crippen LogP contribution in [-0.2, 0) is 14.8 Å². The molecule has 0 saturated carbocycles. The molecule has 1 aromatic carbocycles. The van der Waals surface area contributed by atoms with E-state index in [4.69, 9.17) is 0 Å². The lowest BCUT2D eigenvalue weighted by Crippen LogP contribution is -2.39. The molecule has 9 heteroatoms. The fourth-order valence-electron chi connectivity index (χ4n) is 3.12. The molecule has 1 aromatic heterocycles. The molecule has 1 saturated heterocycles. The van der Waals surface area contributed by atoms with Crippen molar-refractivity contribution in [3.8, 4) is 0 Å². The third kappa shape index (κ3) is 5.50. The minimum absolute atomic E-state index is 0.0655. The summed E-state index contributed by atoms with van der Waals surface area (Å²) in [5.41, 5.74) is 0.583. The SMILES string of the molecule is C[C@H]1CCCCN1CCC(=O)Nc1ccc(S(=O)(=O)Nc2nccs2)cc1. The van der Waals surface area contributed by atoms with E-state index in [1.54, 1.807) is 17.5 Å². The molecule has 0 bridgehead atoms. The molecule has 7 nitrogen and oxygen atoms in total. The number of benzene rings is 1. The van der Waals surface area contributed by atoms with Gasteiger partial charge in [0.15, 0.2) is 5.13 Å². The van der Waals surface area contributed by atoms with Gasteiger partial charge in [0.05, 0.1) is 4.90 Å². The largest absolute Gasteiger partial charge is 0.326 e. The molecule has 0 spiro atoms. The first-order valence-electron chi connectivity index (χ1n) is 9.00. The van der Waals surface area contributed by atoms with Crippen molar-refractivity contribution in [2.75, 3.05) is 23.1 Å². The van der Waals surface area contributed by atoms with E-state index in [-0.39, 0.29) is 10.8 Å². The summed E-state index contributed by atoms with van der Waals surface area (Å²) in [6.45, 7) is 4.00. The molecule has 2 N–H and O–H groups in total. The Hall–Kier alpha value is -1.97. The molecule has 3 rings (SSSR count). The number of piperidine rings is 1. The van der Waals surface area contributed by atoms with Crippen LogP contribution in [0.15, 0.2) is 40.7 Å². The summed E-state index contributed by atoms with van der Waals surface area (Å²) in [6, 6.07) is 6.66. The van der Waals surface area contributed by atoms with Crippen LogP contribution in [0.4, 0.5) is 10.8 Å². The zero-order valence-corrected chi connectivity index (χ0v) is 16.9. The molecular formula is C18H24N4O3S2. The van der Waals surface area contributed by atoms with Crippen LogP contribution in [0, 0.1) is 0 Å². The molecule has 146 valence electrons. The van der Waals surface area contributed by atoms with Crippen molar-refractivity contribution in [2.24, 2.45) is 0 Å². The highest BCUT2D eigenvalue weighted by Gasteiger charge is 2.19. The van der Waals surface area contributed by atoms with E-state index in [0.29, 0.717) is 23.3 Å². The molecule has 2 aromatic rings. The van der Waals surface area contributed by atoms with E-state index in [1.807, 2.05) is 0 Å². The molecule has 1 amide bonds. The summed E-state index contributed by atoms with van der Waals surface area (Å²) < 4.78 is 27.0. The van der Waals surface area contributed by atoms with Crippen LogP contribution in [0.3, 0.4) is 0 Å². The summed E-state index contributed by atoms with van der Waals surface area (Å²) in [6.07, 6.45) is 5.60. The smallest absolute Gasteiger partial charge is 0.263 e. The average Bonchev–Trinajstić information content (AvgIpc) is 3.14. The van der Waals surface area contributed by atoms with Crippen LogP contribution in [0.25, 0.3) is 0 Å². The number of rotatable bonds is 7. The van der Waals surface area contributed by atoms with E-state index in [1.165, 1.54) is 48.9 Å². The minimum atomic E-state index is -3.68. The van der Waals surface area contributed by atoms with E-state index < -0.39 is 10.0 Å². The van der Waals surface area contributed by atoms with Crippen molar-refractivity contribution in [3.05, 3.63) is 35.8 Å². The number of hydrogen-bond acceptors (Lipinski definition) is 6. The number of anilines is 2. The fourth-order valence-corrected chi connectivity index (χ4v) is 4.91. The molecule has 1 atom stereocenters. The number of nitrogens with one attached hydrogen (secondary N) is 2. The molecule has 27 heavy (non-hydrogen) atoms. The van der Waals surface area contributed by atoms with Crippen LogP contribution < -0.4 is 10.0 Å². The quantitative estimate of drug-likeness (QED) is 0.734. The zero-order valence-electron chi connectivity index (χ0n) is 15.2. The lowest BCUT2D eigenvalue weighted by Gasteiger charge is -2.33. The first-order chi connectivity index (χ1) is 12.9. The second kappa shape index (κ2) is 8.81. The summed E-state index contributed by atoms with van der Waals surface area (Å²) in [5.74, 6) is -0.0655. The Morgan fingerprint density at radius 1 is 1.30 bits per heavy atom. The highest BCUT2D eigenvalue weighted by molar-refractivity contribution is 7.93. The number of hydrogen-bond donors (Lipinski definition) is 2. The Morgan fingerprint density at radius 3 is 2.74 bits per heavy atom. The molecular weight excluding hydrogens is 384 g/mol. The number of carbonyl (C=O) groups excluding carboxylic acids is 1. The van der Waals surface area contributed by atoms with Crippen LogP contribution in [0.2, 0.25) is 0 Å². The second-order valence-corrected chi connectivity index (χ2v) is 9.22. The van der Waals surface area contributed by atoms with E-state index >= 15 is 0 Å². The second-order valence-electron chi connectivity index (χ2n) is 6.65. The van der Waals surface area contributed by atoms with Gasteiger partial charge in [-0.15, -0.1) is 11.3 Å². The predicted molar refractivity (Wildman–Crippen MR) is 107 cm³/mol. The Balaban J connectivity index is 1.53. The summed E-state index contributed by atoms with van der Waals surface area (Å²) in [5, 5.41) is 4.84. The van der Waals surface area contributed by atoms with Gasteiger partial charge in [0.2, 0.25) is 5.91 Å². The lowest BCUT2D eigenvalue weighted by atomic mass is 10.0. The van der Waals surface area contributed by atoms with Gasteiger partial charge in [-0.1, -0.05) is 6.42 Å². The molecule has 0 aliphatic carbocycles. The van der Waals surface area contributed by atoms with Crippen LogP contribution in [-0.4, -0.2) is 43.3 Å². The summed E-state index contributed by atoms with van der Waals surface area (Å²) >= 11 is 1.21. The average molecular weight is 409 g/mol. The normalized spacial score (nSPS) is 18.2. The third-order valence-electron chi connectivity index (χ3n) is 4.67. The Labute approximate surface area is 163 Å². The van der Waals surface area contributed by atoms with E-state index in [9.17, 15) is 13.2 Å². The van der Waals surface area contributed by atoms with Gasteiger partial charge in [-0.2, -0.15) is 0 Å². The zero-order chi connectivity index (χ0) is 19.3. The first kappa shape index (κ1) is 19.8. The number of sulfonamides is 1. The van der Waals surface area contributed by atoms with Crippen molar-refractivity contribution in [1.82, 2.24) is 9.88 Å². The van der Waals surface area contributed by atoms with Gasteiger partial charge in [-0.3, -0.25) is 9.52 Å². The Bertz CT molecular complexity index is 851. The Morgan fingerprint density at radius 2 is 2.07 bits per heavy atom. The molecule has 1 aliphatic rings. The van der Waals surface area contributed by atoms with Gasteiger partial charge in [0.1, 0.15) is 0 Å². The maximum absolute atomic E-state index is 12.3. The van der Waals surface area contributed by atoms with Gasteiger partial charge in [0, 0.05) is 36.3 Å². The Kier molecular flexibility index (Phi) is 6.46. The predicted octanol–water partition coefficient (Wildman–Crippen LogP) is 3.15. The molecule has 2 heterocycles. The lowest BCUT2D eigenvalue weighted by molar-refractivity contribution is -0.116. The van der Waals surface area contributed by atoms with Gasteiger partial charge < -0.3 is 10.2 Å². The van der Waals surface area contributed by atoms with Crippen molar-refractivity contribution in [1.29, 1.82) is 0 Å². The van der Waals surface area contributed by atoms with Crippen molar-refractivity contribution in [2.45, 2.75) is 43.5 Å². The van der Waals surface area contributed by atoms with Gasteiger partial charge >= 0.3 is 0 Å².